The molecule has 2 heterocycles. The lowest BCUT2D eigenvalue weighted by Crippen LogP contribution is -2.04. The van der Waals surface area contributed by atoms with Crippen LogP contribution in [0.15, 0.2) is 42.5 Å². The maximum absolute atomic E-state index is 4.43. The molecule has 5 heteroatoms. The number of anilines is 1. The molecule has 0 saturated heterocycles. The third-order valence-electron chi connectivity index (χ3n) is 3.59. The van der Waals surface area contributed by atoms with Crippen LogP contribution < -0.4 is 5.32 Å². The van der Waals surface area contributed by atoms with Crippen molar-refractivity contribution in [2.24, 2.45) is 0 Å². The van der Waals surface area contributed by atoms with Crippen LogP contribution in [0.5, 0.6) is 0 Å². The van der Waals surface area contributed by atoms with E-state index in [9.17, 15) is 0 Å². The second kappa shape index (κ2) is 5.97. The first kappa shape index (κ1) is 14.3. The molecule has 0 spiro atoms. The fraction of sp³-hybridized carbons (Fsp3) is 0.235. The molecule has 0 fully saturated rings. The van der Waals surface area contributed by atoms with Crippen molar-refractivity contribution in [1.82, 2.24) is 20.0 Å². The Balaban J connectivity index is 1.77. The van der Waals surface area contributed by atoms with Crippen molar-refractivity contribution in [1.29, 1.82) is 0 Å². The zero-order chi connectivity index (χ0) is 15.5. The van der Waals surface area contributed by atoms with E-state index in [1.54, 1.807) is 0 Å². The lowest BCUT2D eigenvalue weighted by molar-refractivity contribution is 0.783. The highest BCUT2D eigenvalue weighted by Gasteiger charge is 2.10. The van der Waals surface area contributed by atoms with E-state index in [-0.39, 0.29) is 0 Å². The number of aryl methyl sites for hydroxylation is 2. The number of benzene rings is 1. The van der Waals surface area contributed by atoms with E-state index in [1.807, 2.05) is 36.7 Å². The Morgan fingerprint density at radius 2 is 1.77 bits per heavy atom. The average molecular weight is 293 g/mol. The van der Waals surface area contributed by atoms with E-state index in [2.05, 4.69) is 51.8 Å². The van der Waals surface area contributed by atoms with Gasteiger partial charge in [0.05, 0.1) is 17.9 Å². The number of rotatable bonds is 4. The van der Waals surface area contributed by atoms with E-state index in [0.717, 1.165) is 28.6 Å². The predicted octanol–water partition coefficient (Wildman–Crippen LogP) is 3.20. The van der Waals surface area contributed by atoms with Crippen LogP contribution in [0, 0.1) is 20.8 Å². The van der Waals surface area contributed by atoms with Gasteiger partial charge >= 0.3 is 0 Å². The van der Waals surface area contributed by atoms with Gasteiger partial charge in [-0.3, -0.25) is 0 Å². The predicted molar refractivity (Wildman–Crippen MR) is 87.1 cm³/mol. The normalized spacial score (nSPS) is 10.7. The zero-order valence-corrected chi connectivity index (χ0v) is 13.0. The standard InChI is InChI=1S/C17H19N5/c1-12-7-9-15(10-8-12)22-14(3)16(20-21-22)11-18-17-6-4-5-13(2)19-17/h4-10H,11H2,1-3H3,(H,18,19). The maximum atomic E-state index is 4.43. The first-order chi connectivity index (χ1) is 10.6. The topological polar surface area (TPSA) is 55.6 Å². The Hall–Kier alpha value is -2.69. The van der Waals surface area contributed by atoms with Crippen molar-refractivity contribution in [2.45, 2.75) is 27.3 Å². The molecule has 0 unspecified atom stereocenters. The van der Waals surface area contributed by atoms with Gasteiger partial charge in [0.2, 0.25) is 0 Å². The van der Waals surface area contributed by atoms with Crippen molar-refractivity contribution in [2.75, 3.05) is 5.32 Å². The SMILES string of the molecule is Cc1ccc(-n2nnc(CNc3cccc(C)n3)c2C)cc1. The van der Waals surface area contributed by atoms with Crippen molar-refractivity contribution in [3.8, 4) is 5.69 Å². The Morgan fingerprint density at radius 3 is 2.50 bits per heavy atom. The Labute approximate surface area is 130 Å². The first-order valence-electron chi connectivity index (χ1n) is 7.29. The summed E-state index contributed by atoms with van der Waals surface area (Å²) in [5.74, 6) is 0.851. The molecule has 0 atom stereocenters. The van der Waals surface area contributed by atoms with Gasteiger partial charge < -0.3 is 5.32 Å². The summed E-state index contributed by atoms with van der Waals surface area (Å²) in [6.45, 7) is 6.68. The molecule has 3 aromatic rings. The molecule has 2 aromatic heterocycles. The summed E-state index contributed by atoms with van der Waals surface area (Å²) < 4.78 is 1.86. The molecule has 0 saturated carbocycles. The minimum absolute atomic E-state index is 0.605. The summed E-state index contributed by atoms with van der Waals surface area (Å²) >= 11 is 0. The summed E-state index contributed by atoms with van der Waals surface area (Å²) in [6, 6.07) is 14.2. The molecular formula is C17H19N5. The monoisotopic (exact) mass is 293 g/mol. The number of hydrogen-bond acceptors (Lipinski definition) is 4. The zero-order valence-electron chi connectivity index (χ0n) is 13.0. The molecule has 0 radical (unpaired) electrons. The second-order valence-corrected chi connectivity index (χ2v) is 5.39. The van der Waals surface area contributed by atoms with Crippen LogP contribution in [0.4, 0.5) is 5.82 Å². The molecule has 3 rings (SSSR count). The van der Waals surface area contributed by atoms with Crippen molar-refractivity contribution < 1.29 is 0 Å². The van der Waals surface area contributed by atoms with Crippen molar-refractivity contribution >= 4 is 5.82 Å². The summed E-state index contributed by atoms with van der Waals surface area (Å²) in [6.07, 6.45) is 0. The van der Waals surface area contributed by atoms with E-state index in [0.29, 0.717) is 6.54 Å². The van der Waals surface area contributed by atoms with E-state index in [1.165, 1.54) is 5.56 Å². The lowest BCUT2D eigenvalue weighted by atomic mass is 10.2. The second-order valence-electron chi connectivity index (χ2n) is 5.39. The van der Waals surface area contributed by atoms with Crippen molar-refractivity contribution in [3.63, 3.8) is 0 Å². The van der Waals surface area contributed by atoms with Gasteiger partial charge in [0.1, 0.15) is 11.5 Å². The van der Waals surface area contributed by atoms with Crippen LogP contribution in [0.25, 0.3) is 5.69 Å². The Bertz CT molecular complexity index is 774. The van der Waals surface area contributed by atoms with Gasteiger partial charge in [-0.05, 0) is 45.0 Å². The largest absolute Gasteiger partial charge is 0.364 e. The van der Waals surface area contributed by atoms with Gasteiger partial charge in [-0.25, -0.2) is 9.67 Å². The molecule has 0 aliphatic rings. The van der Waals surface area contributed by atoms with Gasteiger partial charge in [-0.15, -0.1) is 5.10 Å². The quantitative estimate of drug-likeness (QED) is 0.802. The fourth-order valence-corrected chi connectivity index (χ4v) is 2.27. The molecular weight excluding hydrogens is 274 g/mol. The molecule has 0 aliphatic heterocycles. The maximum Gasteiger partial charge on any atom is 0.126 e. The van der Waals surface area contributed by atoms with Gasteiger partial charge in [0, 0.05) is 5.69 Å². The summed E-state index contributed by atoms with van der Waals surface area (Å²) in [5, 5.41) is 11.8. The van der Waals surface area contributed by atoms with Gasteiger partial charge in [0.15, 0.2) is 0 Å². The minimum Gasteiger partial charge on any atom is -0.364 e. The minimum atomic E-state index is 0.605. The average Bonchev–Trinajstić information content (AvgIpc) is 2.87. The third kappa shape index (κ3) is 2.98. The number of aromatic nitrogens is 4. The van der Waals surface area contributed by atoms with Crippen LogP contribution in [-0.4, -0.2) is 20.0 Å². The lowest BCUT2D eigenvalue weighted by Gasteiger charge is -2.06. The molecule has 1 aromatic carbocycles. The molecule has 112 valence electrons. The highest BCUT2D eigenvalue weighted by Crippen LogP contribution is 2.14. The Morgan fingerprint density at radius 1 is 1.00 bits per heavy atom. The summed E-state index contributed by atoms with van der Waals surface area (Å²) in [5.41, 5.74) is 5.20. The van der Waals surface area contributed by atoms with Crippen LogP contribution in [0.3, 0.4) is 0 Å². The van der Waals surface area contributed by atoms with Crippen LogP contribution in [-0.2, 0) is 6.54 Å². The molecule has 22 heavy (non-hydrogen) atoms. The van der Waals surface area contributed by atoms with Gasteiger partial charge in [0.25, 0.3) is 0 Å². The number of nitrogens with one attached hydrogen (secondary N) is 1. The molecule has 0 aliphatic carbocycles. The number of pyridine rings is 1. The summed E-state index contributed by atoms with van der Waals surface area (Å²) in [4.78, 5) is 4.43. The smallest absolute Gasteiger partial charge is 0.126 e. The van der Waals surface area contributed by atoms with Crippen LogP contribution in [0.1, 0.15) is 22.6 Å². The molecule has 0 amide bonds. The number of hydrogen-bond donors (Lipinski definition) is 1. The number of nitrogens with zero attached hydrogens (tertiary/aromatic N) is 4. The Kier molecular flexibility index (Phi) is 3.87. The molecule has 1 N–H and O–H groups in total. The van der Waals surface area contributed by atoms with Crippen molar-refractivity contribution in [3.05, 3.63) is 65.1 Å². The molecule has 5 nitrogen and oxygen atoms in total. The van der Waals surface area contributed by atoms with Crippen LogP contribution >= 0.6 is 0 Å². The molecule has 0 bridgehead atoms. The van der Waals surface area contributed by atoms with E-state index in [4.69, 9.17) is 0 Å². The highest BCUT2D eigenvalue weighted by molar-refractivity contribution is 5.38. The fourth-order valence-electron chi connectivity index (χ4n) is 2.27. The van der Waals surface area contributed by atoms with Gasteiger partial charge in [-0.1, -0.05) is 29.0 Å². The highest BCUT2D eigenvalue weighted by atomic mass is 15.4. The first-order valence-corrected chi connectivity index (χ1v) is 7.29. The van der Waals surface area contributed by atoms with Crippen LogP contribution in [0.2, 0.25) is 0 Å². The van der Waals surface area contributed by atoms with E-state index >= 15 is 0 Å². The summed E-state index contributed by atoms with van der Waals surface area (Å²) in [7, 11) is 0. The van der Waals surface area contributed by atoms with E-state index < -0.39 is 0 Å². The third-order valence-corrected chi connectivity index (χ3v) is 3.59. The van der Waals surface area contributed by atoms with Gasteiger partial charge in [-0.2, -0.15) is 0 Å².